The molecule has 23 heavy (non-hydrogen) atoms. The van der Waals surface area contributed by atoms with Gasteiger partial charge in [-0.1, -0.05) is 0 Å². The Morgan fingerprint density at radius 1 is 1.39 bits per heavy atom. The van der Waals surface area contributed by atoms with Crippen LogP contribution in [0.2, 0.25) is 0 Å². The predicted molar refractivity (Wildman–Crippen MR) is 90.4 cm³/mol. The Labute approximate surface area is 135 Å². The lowest BCUT2D eigenvalue weighted by Crippen LogP contribution is -2.48. The number of nitrogens with zero attached hydrogens (tertiary/aromatic N) is 2. The molecule has 126 valence electrons. The molecule has 7 heteroatoms. The van der Waals surface area contributed by atoms with Crippen molar-refractivity contribution < 1.29 is 4.79 Å². The summed E-state index contributed by atoms with van der Waals surface area (Å²) in [6.07, 6.45) is 0.879. The highest BCUT2D eigenvalue weighted by molar-refractivity contribution is 5.81. The Kier molecular flexibility index (Phi) is 4.61. The third kappa shape index (κ3) is 3.44. The average molecular weight is 319 g/mol. The molecule has 0 saturated heterocycles. The lowest BCUT2D eigenvalue weighted by Gasteiger charge is -2.24. The molecular weight excluding hydrogens is 294 g/mol. The van der Waals surface area contributed by atoms with Crippen molar-refractivity contribution in [3.63, 3.8) is 0 Å². The lowest BCUT2D eigenvalue weighted by molar-refractivity contribution is -0.122. The zero-order chi connectivity index (χ0) is 17.4. The van der Waals surface area contributed by atoms with Gasteiger partial charge in [0.2, 0.25) is 5.91 Å². The summed E-state index contributed by atoms with van der Waals surface area (Å²) < 4.78 is 1.62. The van der Waals surface area contributed by atoms with E-state index in [1.54, 1.807) is 11.7 Å². The summed E-state index contributed by atoms with van der Waals surface area (Å²) in [5, 5.41) is 6.22. The molecule has 0 aliphatic carbocycles. The van der Waals surface area contributed by atoms with E-state index in [0.717, 1.165) is 16.8 Å². The van der Waals surface area contributed by atoms with E-state index in [1.165, 1.54) is 0 Å². The van der Waals surface area contributed by atoms with E-state index in [-0.39, 0.29) is 11.5 Å². The normalized spacial score (nSPS) is 11.9. The van der Waals surface area contributed by atoms with Crippen molar-refractivity contribution in [3.8, 4) is 0 Å². The van der Waals surface area contributed by atoms with Crippen LogP contribution in [-0.2, 0) is 18.3 Å². The molecule has 0 aliphatic rings. The minimum absolute atomic E-state index is 0.0543. The van der Waals surface area contributed by atoms with E-state index in [0.29, 0.717) is 30.4 Å². The summed E-state index contributed by atoms with van der Waals surface area (Å²) in [7, 11) is 1.76. The van der Waals surface area contributed by atoms with Crippen molar-refractivity contribution in [2.24, 2.45) is 12.8 Å². The number of carbonyl (C=O) groups excluding carboxylic acids is 1. The van der Waals surface area contributed by atoms with Crippen molar-refractivity contribution >= 4 is 16.9 Å². The van der Waals surface area contributed by atoms with Gasteiger partial charge in [-0.3, -0.25) is 19.4 Å². The molecule has 1 amide bonds. The van der Waals surface area contributed by atoms with Gasteiger partial charge in [0.05, 0.1) is 5.39 Å². The molecule has 0 aliphatic heterocycles. The van der Waals surface area contributed by atoms with Crippen molar-refractivity contribution in [2.75, 3.05) is 6.54 Å². The summed E-state index contributed by atoms with van der Waals surface area (Å²) in [5.41, 5.74) is 8.39. The second-order valence-corrected chi connectivity index (χ2v) is 6.64. The zero-order valence-electron chi connectivity index (χ0n) is 14.4. The first-order valence-electron chi connectivity index (χ1n) is 7.72. The van der Waals surface area contributed by atoms with Gasteiger partial charge in [0, 0.05) is 31.2 Å². The molecular formula is C16H25N5O2. The first-order chi connectivity index (χ1) is 10.7. The van der Waals surface area contributed by atoms with Crippen molar-refractivity contribution in [1.82, 2.24) is 20.1 Å². The van der Waals surface area contributed by atoms with Crippen LogP contribution in [0, 0.1) is 13.8 Å². The van der Waals surface area contributed by atoms with Crippen molar-refractivity contribution in [1.29, 1.82) is 0 Å². The first-order valence-corrected chi connectivity index (χ1v) is 7.72. The predicted octanol–water partition coefficient (Wildman–Crippen LogP) is 0.665. The van der Waals surface area contributed by atoms with Crippen molar-refractivity contribution in [2.45, 2.75) is 46.1 Å². The van der Waals surface area contributed by atoms with E-state index in [1.807, 2.05) is 27.7 Å². The van der Waals surface area contributed by atoms with Gasteiger partial charge in [-0.15, -0.1) is 0 Å². The fraction of sp³-hybridized carbons (Fsp3) is 0.562. The second kappa shape index (κ2) is 6.16. The topological polar surface area (TPSA) is 106 Å². The van der Waals surface area contributed by atoms with E-state index >= 15 is 0 Å². The van der Waals surface area contributed by atoms with E-state index in [9.17, 15) is 9.59 Å². The average Bonchev–Trinajstić information content (AvgIpc) is 2.72. The fourth-order valence-electron chi connectivity index (χ4n) is 2.75. The standard InChI is InChI=1S/C16H25N5O2/c1-9-11(6-7-12(22)19-16(3,4)8-17)10(2)18-14-13(9)15(23)20-21(14)5/h6-8,17H2,1-5H3,(H,19,22)(H,20,23). The number of aromatic amines is 1. The minimum atomic E-state index is -0.417. The Hall–Kier alpha value is -2.15. The summed E-state index contributed by atoms with van der Waals surface area (Å²) >= 11 is 0. The van der Waals surface area contributed by atoms with Gasteiger partial charge in [0.25, 0.3) is 5.56 Å². The number of pyridine rings is 1. The molecule has 0 unspecified atom stereocenters. The van der Waals surface area contributed by atoms with Crippen LogP contribution in [0.4, 0.5) is 0 Å². The highest BCUT2D eigenvalue weighted by atomic mass is 16.1. The third-order valence-electron chi connectivity index (χ3n) is 4.17. The van der Waals surface area contributed by atoms with Crippen LogP contribution in [0.1, 0.15) is 37.1 Å². The third-order valence-corrected chi connectivity index (χ3v) is 4.17. The number of H-pyrrole nitrogens is 1. The molecule has 0 spiro atoms. The van der Waals surface area contributed by atoms with Gasteiger partial charge < -0.3 is 11.1 Å². The maximum atomic E-state index is 12.1. The van der Waals surface area contributed by atoms with Gasteiger partial charge in [-0.2, -0.15) is 0 Å². The van der Waals surface area contributed by atoms with Crippen LogP contribution in [0.15, 0.2) is 4.79 Å². The number of fused-ring (bicyclic) bond motifs is 1. The van der Waals surface area contributed by atoms with Crippen LogP contribution >= 0.6 is 0 Å². The number of aryl methyl sites for hydroxylation is 3. The number of nitrogens with one attached hydrogen (secondary N) is 2. The summed E-state index contributed by atoms with van der Waals surface area (Å²) in [6, 6.07) is 0. The second-order valence-electron chi connectivity index (χ2n) is 6.64. The molecule has 2 aromatic rings. The highest BCUT2D eigenvalue weighted by Gasteiger charge is 2.20. The van der Waals surface area contributed by atoms with Crippen LogP contribution in [0.3, 0.4) is 0 Å². The minimum Gasteiger partial charge on any atom is -0.350 e. The molecule has 2 rings (SSSR count). The van der Waals surface area contributed by atoms with Crippen LogP contribution in [-0.4, -0.2) is 32.8 Å². The SMILES string of the molecule is Cc1nc2c(c(C)c1CCC(=O)NC(C)(C)CN)c(=O)[nH]n2C. The Morgan fingerprint density at radius 3 is 2.65 bits per heavy atom. The zero-order valence-corrected chi connectivity index (χ0v) is 14.4. The van der Waals surface area contributed by atoms with Gasteiger partial charge in [0.15, 0.2) is 5.65 Å². The van der Waals surface area contributed by atoms with E-state index in [4.69, 9.17) is 5.73 Å². The van der Waals surface area contributed by atoms with E-state index < -0.39 is 5.54 Å². The molecule has 0 radical (unpaired) electrons. The van der Waals surface area contributed by atoms with Crippen molar-refractivity contribution in [3.05, 3.63) is 27.2 Å². The number of amides is 1. The maximum absolute atomic E-state index is 12.1. The van der Waals surface area contributed by atoms with E-state index in [2.05, 4.69) is 15.4 Å². The molecule has 0 atom stereocenters. The van der Waals surface area contributed by atoms with Gasteiger partial charge in [0.1, 0.15) is 0 Å². The fourth-order valence-corrected chi connectivity index (χ4v) is 2.75. The number of aromatic nitrogens is 3. The van der Waals surface area contributed by atoms with Crippen LogP contribution < -0.4 is 16.6 Å². The highest BCUT2D eigenvalue weighted by Crippen LogP contribution is 2.21. The van der Waals surface area contributed by atoms with Gasteiger partial charge >= 0.3 is 0 Å². The molecule has 7 nitrogen and oxygen atoms in total. The molecule has 0 saturated carbocycles. The number of carbonyl (C=O) groups is 1. The molecule has 0 aromatic carbocycles. The Morgan fingerprint density at radius 2 is 2.04 bits per heavy atom. The Bertz CT molecular complexity index is 801. The smallest absolute Gasteiger partial charge is 0.273 e. The lowest BCUT2D eigenvalue weighted by atomic mass is 9.99. The molecule has 4 N–H and O–H groups in total. The number of rotatable bonds is 5. The summed E-state index contributed by atoms with van der Waals surface area (Å²) in [4.78, 5) is 28.6. The molecule has 2 heterocycles. The first kappa shape index (κ1) is 17.2. The summed E-state index contributed by atoms with van der Waals surface area (Å²) in [5.74, 6) is -0.0543. The van der Waals surface area contributed by atoms with Crippen LogP contribution in [0.5, 0.6) is 0 Å². The molecule has 2 aromatic heterocycles. The van der Waals surface area contributed by atoms with Gasteiger partial charge in [-0.05, 0) is 45.2 Å². The number of hydrogen-bond donors (Lipinski definition) is 3. The largest absolute Gasteiger partial charge is 0.350 e. The summed E-state index contributed by atoms with van der Waals surface area (Å²) in [6.45, 7) is 7.96. The van der Waals surface area contributed by atoms with Gasteiger partial charge in [-0.25, -0.2) is 4.98 Å². The monoisotopic (exact) mass is 319 g/mol. The number of hydrogen-bond acceptors (Lipinski definition) is 4. The Balaban J connectivity index is 2.26. The van der Waals surface area contributed by atoms with Crippen LogP contribution in [0.25, 0.3) is 11.0 Å². The molecule has 0 bridgehead atoms. The quantitative estimate of drug-likeness (QED) is 0.753. The number of nitrogens with two attached hydrogens (primary N) is 1. The maximum Gasteiger partial charge on any atom is 0.273 e. The molecule has 0 fully saturated rings.